The van der Waals surface area contributed by atoms with Crippen LogP contribution >= 0.6 is 0 Å². The Morgan fingerprint density at radius 2 is 1.23 bits per heavy atom. The second-order valence-electron chi connectivity index (χ2n) is 8.49. The third-order valence-electron chi connectivity index (χ3n) is 6.52. The van der Waals surface area contributed by atoms with Crippen molar-refractivity contribution in [2.24, 2.45) is 17.3 Å². The molecule has 0 aromatic rings. The molecular formula is C19H36N2O. The molecule has 3 nitrogen and oxygen atoms in total. The van der Waals surface area contributed by atoms with Crippen LogP contribution in [0.25, 0.3) is 0 Å². The molecule has 22 heavy (non-hydrogen) atoms. The zero-order valence-corrected chi connectivity index (χ0v) is 14.7. The third-order valence-corrected chi connectivity index (χ3v) is 6.52. The Morgan fingerprint density at radius 3 is 1.59 bits per heavy atom. The molecule has 3 heteroatoms. The van der Waals surface area contributed by atoms with Gasteiger partial charge < -0.3 is 15.4 Å². The summed E-state index contributed by atoms with van der Waals surface area (Å²) in [4.78, 5) is 0. The van der Waals surface area contributed by atoms with Crippen LogP contribution in [0.4, 0.5) is 0 Å². The summed E-state index contributed by atoms with van der Waals surface area (Å²) >= 11 is 0. The van der Waals surface area contributed by atoms with Gasteiger partial charge in [0.15, 0.2) is 0 Å². The molecule has 0 unspecified atom stereocenters. The van der Waals surface area contributed by atoms with E-state index >= 15 is 0 Å². The van der Waals surface area contributed by atoms with E-state index in [1.54, 1.807) is 0 Å². The van der Waals surface area contributed by atoms with Crippen molar-refractivity contribution in [2.45, 2.75) is 77.3 Å². The van der Waals surface area contributed by atoms with Gasteiger partial charge in [0, 0.05) is 30.6 Å². The Balaban J connectivity index is 1.45. The molecule has 128 valence electrons. The molecule has 0 bridgehead atoms. The van der Waals surface area contributed by atoms with Gasteiger partial charge in [0.1, 0.15) is 0 Å². The van der Waals surface area contributed by atoms with Crippen molar-refractivity contribution >= 4 is 0 Å². The Bertz CT molecular complexity index is 314. The highest BCUT2D eigenvalue weighted by Crippen LogP contribution is 2.30. The summed E-state index contributed by atoms with van der Waals surface area (Å²) in [6, 6.07) is 1.47. The average Bonchev–Trinajstić information content (AvgIpc) is 2.49. The average molecular weight is 309 g/mol. The third kappa shape index (κ3) is 4.04. The number of hydrogen-bond donors (Lipinski definition) is 2. The van der Waals surface area contributed by atoms with Crippen LogP contribution in [0.5, 0.6) is 0 Å². The summed E-state index contributed by atoms with van der Waals surface area (Å²) in [5.41, 5.74) is 0.355. The maximum Gasteiger partial charge on any atom is 0.0569 e. The van der Waals surface area contributed by atoms with Crippen LogP contribution in [0.2, 0.25) is 0 Å². The predicted octanol–water partition coefficient (Wildman–Crippen LogP) is 3.34. The summed E-state index contributed by atoms with van der Waals surface area (Å²) < 4.78 is 5.59. The first-order chi connectivity index (χ1) is 10.7. The van der Waals surface area contributed by atoms with Gasteiger partial charge >= 0.3 is 0 Å². The number of hydrogen-bond acceptors (Lipinski definition) is 3. The molecule has 1 saturated heterocycles. The number of nitrogens with one attached hydrogen (secondary N) is 2. The summed E-state index contributed by atoms with van der Waals surface area (Å²) in [7, 11) is 0. The lowest BCUT2D eigenvalue weighted by Crippen LogP contribution is -2.59. The normalized spacial score (nSPS) is 38.5. The first-order valence-corrected chi connectivity index (χ1v) is 9.73. The molecule has 2 aliphatic carbocycles. The highest BCUT2D eigenvalue weighted by atomic mass is 16.5. The summed E-state index contributed by atoms with van der Waals surface area (Å²) in [5.74, 6) is 1.69. The summed E-state index contributed by atoms with van der Waals surface area (Å²) in [6.07, 6.45) is 11.2. The summed E-state index contributed by atoms with van der Waals surface area (Å²) in [6.45, 7) is 8.99. The molecule has 0 radical (unpaired) electrons. The van der Waals surface area contributed by atoms with Crippen LogP contribution in [-0.2, 0) is 4.74 Å². The molecule has 0 aromatic heterocycles. The molecule has 0 amide bonds. The van der Waals surface area contributed by atoms with Crippen molar-refractivity contribution in [3.8, 4) is 0 Å². The lowest BCUT2D eigenvalue weighted by Gasteiger charge is -2.45. The Kier molecular flexibility index (Phi) is 5.80. The van der Waals surface area contributed by atoms with Crippen LogP contribution in [0.3, 0.4) is 0 Å². The predicted molar refractivity (Wildman–Crippen MR) is 92.1 cm³/mol. The van der Waals surface area contributed by atoms with E-state index in [4.69, 9.17) is 4.74 Å². The van der Waals surface area contributed by atoms with Crippen molar-refractivity contribution in [2.75, 3.05) is 26.3 Å². The van der Waals surface area contributed by atoms with E-state index in [0.29, 0.717) is 5.41 Å². The maximum atomic E-state index is 5.59. The Labute approximate surface area is 137 Å². The number of ether oxygens (including phenoxy) is 1. The fraction of sp³-hybridized carbons (Fsp3) is 1.00. The van der Waals surface area contributed by atoms with Crippen molar-refractivity contribution in [3.05, 3.63) is 0 Å². The van der Waals surface area contributed by atoms with Gasteiger partial charge in [-0.1, -0.05) is 39.5 Å². The zero-order valence-electron chi connectivity index (χ0n) is 14.7. The SMILES string of the molecule is C[C@@H]1CCCC[C@@H]1NCC1(CN[C@@H]2CCCC[C@@H]2C)COC1. The van der Waals surface area contributed by atoms with E-state index in [1.165, 1.54) is 51.4 Å². The van der Waals surface area contributed by atoms with Gasteiger partial charge in [0.05, 0.1) is 13.2 Å². The molecular weight excluding hydrogens is 272 g/mol. The molecule has 3 rings (SSSR count). The van der Waals surface area contributed by atoms with Crippen LogP contribution in [0.15, 0.2) is 0 Å². The highest BCUT2D eigenvalue weighted by molar-refractivity contribution is 4.93. The van der Waals surface area contributed by atoms with Crippen molar-refractivity contribution < 1.29 is 4.74 Å². The zero-order chi connectivity index (χ0) is 15.4. The maximum absolute atomic E-state index is 5.59. The molecule has 1 heterocycles. The van der Waals surface area contributed by atoms with Gasteiger partial charge in [-0.2, -0.15) is 0 Å². The fourth-order valence-corrected chi connectivity index (χ4v) is 4.59. The molecule has 4 atom stereocenters. The number of rotatable bonds is 6. The van der Waals surface area contributed by atoms with E-state index < -0.39 is 0 Å². The molecule has 0 spiro atoms. The van der Waals surface area contributed by atoms with Crippen LogP contribution in [0, 0.1) is 17.3 Å². The molecule has 3 aliphatic rings. The van der Waals surface area contributed by atoms with E-state index in [9.17, 15) is 0 Å². The van der Waals surface area contributed by atoms with Gasteiger partial charge in [-0.15, -0.1) is 0 Å². The first kappa shape index (κ1) is 16.7. The van der Waals surface area contributed by atoms with Gasteiger partial charge in [-0.3, -0.25) is 0 Å². The molecule has 0 aromatic carbocycles. The fourth-order valence-electron chi connectivity index (χ4n) is 4.59. The van der Waals surface area contributed by atoms with Crippen molar-refractivity contribution in [1.29, 1.82) is 0 Å². The van der Waals surface area contributed by atoms with E-state index in [0.717, 1.165) is 50.2 Å². The van der Waals surface area contributed by atoms with E-state index in [1.807, 2.05) is 0 Å². The quantitative estimate of drug-likeness (QED) is 0.789. The minimum Gasteiger partial charge on any atom is -0.380 e. The molecule has 2 saturated carbocycles. The Morgan fingerprint density at radius 1 is 0.773 bits per heavy atom. The smallest absolute Gasteiger partial charge is 0.0569 e. The molecule has 2 N–H and O–H groups in total. The largest absolute Gasteiger partial charge is 0.380 e. The second kappa shape index (κ2) is 7.63. The lowest BCUT2D eigenvalue weighted by molar-refractivity contribution is -0.112. The highest BCUT2D eigenvalue weighted by Gasteiger charge is 2.40. The van der Waals surface area contributed by atoms with Gasteiger partial charge in [-0.25, -0.2) is 0 Å². The topological polar surface area (TPSA) is 33.3 Å². The van der Waals surface area contributed by atoms with Gasteiger partial charge in [-0.05, 0) is 37.5 Å². The standard InChI is InChI=1S/C19H36N2O/c1-15-7-3-5-9-17(15)20-11-19(13-22-14-19)12-21-18-10-6-4-8-16(18)2/h15-18,20-21H,3-14H2,1-2H3/t15-,16+,17+,18-. The first-order valence-electron chi connectivity index (χ1n) is 9.73. The van der Waals surface area contributed by atoms with Gasteiger partial charge in [0.2, 0.25) is 0 Å². The van der Waals surface area contributed by atoms with Crippen molar-refractivity contribution in [3.63, 3.8) is 0 Å². The monoisotopic (exact) mass is 308 g/mol. The van der Waals surface area contributed by atoms with E-state index in [-0.39, 0.29) is 0 Å². The second-order valence-corrected chi connectivity index (χ2v) is 8.49. The van der Waals surface area contributed by atoms with Crippen LogP contribution < -0.4 is 10.6 Å². The lowest BCUT2D eigenvalue weighted by atomic mass is 9.81. The Hall–Kier alpha value is -0.120. The minimum atomic E-state index is 0.355. The van der Waals surface area contributed by atoms with Crippen molar-refractivity contribution in [1.82, 2.24) is 10.6 Å². The molecule has 3 fully saturated rings. The van der Waals surface area contributed by atoms with Crippen LogP contribution in [-0.4, -0.2) is 38.4 Å². The molecule has 1 aliphatic heterocycles. The summed E-state index contributed by atoms with van der Waals surface area (Å²) in [5, 5.41) is 7.79. The van der Waals surface area contributed by atoms with E-state index in [2.05, 4.69) is 24.5 Å². The minimum absolute atomic E-state index is 0.355. The van der Waals surface area contributed by atoms with Gasteiger partial charge in [0.25, 0.3) is 0 Å². The van der Waals surface area contributed by atoms with Crippen LogP contribution in [0.1, 0.15) is 65.2 Å².